The van der Waals surface area contributed by atoms with Crippen molar-refractivity contribution < 1.29 is 9.47 Å². The maximum absolute atomic E-state index is 5.95. The summed E-state index contributed by atoms with van der Waals surface area (Å²) in [5.41, 5.74) is 0.353. The Labute approximate surface area is 111 Å². The van der Waals surface area contributed by atoms with E-state index >= 15 is 0 Å². The third-order valence-electron chi connectivity index (χ3n) is 4.69. The molecule has 3 heteroatoms. The van der Waals surface area contributed by atoms with Crippen LogP contribution in [0.2, 0.25) is 0 Å². The second kappa shape index (κ2) is 5.22. The van der Waals surface area contributed by atoms with Gasteiger partial charge in [0.05, 0.1) is 18.2 Å². The molecule has 1 N–H and O–H groups in total. The van der Waals surface area contributed by atoms with Crippen LogP contribution in [0.4, 0.5) is 0 Å². The lowest BCUT2D eigenvalue weighted by atomic mass is 9.68. The van der Waals surface area contributed by atoms with Crippen molar-refractivity contribution in [3.63, 3.8) is 0 Å². The summed E-state index contributed by atoms with van der Waals surface area (Å²) >= 11 is 0. The Bertz CT molecular complexity index is 312. The molecule has 18 heavy (non-hydrogen) atoms. The minimum Gasteiger partial charge on any atom is -0.496 e. The molecule has 0 amide bonds. The number of hydrogen-bond donors (Lipinski definition) is 1. The van der Waals surface area contributed by atoms with E-state index < -0.39 is 0 Å². The van der Waals surface area contributed by atoms with E-state index in [9.17, 15) is 0 Å². The fraction of sp³-hybridized carbons (Fsp3) is 0.867. The van der Waals surface area contributed by atoms with E-state index in [4.69, 9.17) is 9.47 Å². The van der Waals surface area contributed by atoms with Crippen LogP contribution in [0.5, 0.6) is 0 Å². The first-order valence-electron chi connectivity index (χ1n) is 7.08. The summed E-state index contributed by atoms with van der Waals surface area (Å²) in [6.07, 6.45) is 7.87. The maximum Gasteiger partial charge on any atom is 0.112 e. The predicted octanol–water partition coefficient (Wildman–Crippen LogP) is 2.86. The lowest BCUT2D eigenvalue weighted by Gasteiger charge is -2.46. The smallest absolute Gasteiger partial charge is 0.112 e. The van der Waals surface area contributed by atoms with Crippen molar-refractivity contribution in [2.45, 2.75) is 57.6 Å². The highest BCUT2D eigenvalue weighted by atomic mass is 16.5. The van der Waals surface area contributed by atoms with Crippen LogP contribution in [-0.2, 0) is 9.47 Å². The van der Waals surface area contributed by atoms with E-state index in [0.29, 0.717) is 5.41 Å². The van der Waals surface area contributed by atoms with Crippen molar-refractivity contribution in [3.05, 3.63) is 11.8 Å². The summed E-state index contributed by atoms with van der Waals surface area (Å²) < 4.78 is 11.7. The van der Waals surface area contributed by atoms with Gasteiger partial charge in [-0.2, -0.15) is 0 Å². The van der Waals surface area contributed by atoms with Crippen molar-refractivity contribution in [2.75, 3.05) is 20.8 Å². The van der Waals surface area contributed by atoms with Gasteiger partial charge in [-0.1, -0.05) is 13.8 Å². The monoisotopic (exact) mass is 253 g/mol. The van der Waals surface area contributed by atoms with Crippen LogP contribution in [-0.4, -0.2) is 32.4 Å². The largest absolute Gasteiger partial charge is 0.496 e. The molecule has 0 bridgehead atoms. The average Bonchev–Trinajstić information content (AvgIpc) is 2.86. The number of hydrogen-bond acceptors (Lipinski definition) is 3. The molecular formula is C15H27NO2. The zero-order valence-corrected chi connectivity index (χ0v) is 12.2. The van der Waals surface area contributed by atoms with Gasteiger partial charge in [0.1, 0.15) is 5.76 Å². The third kappa shape index (κ3) is 2.57. The summed E-state index contributed by atoms with van der Waals surface area (Å²) in [7, 11) is 3.85. The average molecular weight is 253 g/mol. The van der Waals surface area contributed by atoms with Gasteiger partial charge in [-0.05, 0) is 44.2 Å². The molecule has 0 aromatic rings. The lowest BCUT2D eigenvalue weighted by Crippen LogP contribution is -2.54. The van der Waals surface area contributed by atoms with Crippen LogP contribution in [0.15, 0.2) is 11.8 Å². The second-order valence-corrected chi connectivity index (χ2v) is 6.40. The summed E-state index contributed by atoms with van der Waals surface area (Å²) in [4.78, 5) is 0. The predicted molar refractivity (Wildman–Crippen MR) is 73.5 cm³/mol. The van der Waals surface area contributed by atoms with Gasteiger partial charge in [-0.15, -0.1) is 0 Å². The molecule has 3 nitrogen and oxygen atoms in total. The summed E-state index contributed by atoms with van der Waals surface area (Å²) in [6, 6.07) is 0.195. The zero-order valence-electron chi connectivity index (χ0n) is 12.2. The highest BCUT2D eigenvalue weighted by Crippen LogP contribution is 2.45. The van der Waals surface area contributed by atoms with E-state index in [1.165, 1.54) is 12.8 Å². The standard InChI is InChI=1S/C15H27NO2/c1-14(2)7-9-15(17-4,10-8-14)13(16-3)12-6-5-11-18-12/h6,13,16H,5,7-11H2,1-4H3. The first kappa shape index (κ1) is 13.9. The molecule has 1 fully saturated rings. The van der Waals surface area contributed by atoms with Gasteiger partial charge in [0.15, 0.2) is 0 Å². The van der Waals surface area contributed by atoms with Gasteiger partial charge in [0.2, 0.25) is 0 Å². The van der Waals surface area contributed by atoms with Crippen molar-refractivity contribution in [1.29, 1.82) is 0 Å². The third-order valence-corrected chi connectivity index (χ3v) is 4.69. The Hall–Kier alpha value is -0.540. The molecule has 0 aromatic heterocycles. The molecule has 1 aliphatic heterocycles. The first-order valence-corrected chi connectivity index (χ1v) is 7.08. The highest BCUT2D eigenvalue weighted by molar-refractivity contribution is 5.16. The van der Waals surface area contributed by atoms with Crippen LogP contribution >= 0.6 is 0 Å². The van der Waals surface area contributed by atoms with E-state index in [1.54, 1.807) is 0 Å². The van der Waals surface area contributed by atoms with Crippen molar-refractivity contribution in [3.8, 4) is 0 Å². The minimum absolute atomic E-state index is 0.0968. The molecule has 1 aliphatic carbocycles. The molecule has 2 rings (SSSR count). The Morgan fingerprint density at radius 3 is 2.39 bits per heavy atom. The number of likely N-dealkylation sites (N-methyl/N-ethyl adjacent to an activating group) is 1. The molecule has 0 spiro atoms. The van der Waals surface area contributed by atoms with Crippen LogP contribution in [0.1, 0.15) is 46.0 Å². The Morgan fingerprint density at radius 2 is 1.94 bits per heavy atom. The number of rotatable bonds is 4. The fourth-order valence-corrected chi connectivity index (χ4v) is 3.26. The van der Waals surface area contributed by atoms with Crippen molar-refractivity contribution in [1.82, 2.24) is 5.32 Å². The van der Waals surface area contributed by atoms with Gasteiger partial charge in [0, 0.05) is 13.5 Å². The maximum atomic E-state index is 5.95. The van der Waals surface area contributed by atoms with Gasteiger partial charge < -0.3 is 14.8 Å². The van der Waals surface area contributed by atoms with Crippen LogP contribution in [0, 0.1) is 5.41 Å². The lowest BCUT2D eigenvalue weighted by molar-refractivity contribution is -0.0854. The Kier molecular flexibility index (Phi) is 4.02. The normalized spacial score (nSPS) is 27.4. The van der Waals surface area contributed by atoms with Gasteiger partial charge in [0.25, 0.3) is 0 Å². The molecule has 104 valence electrons. The van der Waals surface area contributed by atoms with Crippen LogP contribution in [0.3, 0.4) is 0 Å². The molecule has 0 radical (unpaired) electrons. The quantitative estimate of drug-likeness (QED) is 0.835. The molecule has 0 aromatic carbocycles. The highest BCUT2D eigenvalue weighted by Gasteiger charge is 2.46. The first-order chi connectivity index (χ1) is 8.53. The van der Waals surface area contributed by atoms with Gasteiger partial charge >= 0.3 is 0 Å². The van der Waals surface area contributed by atoms with Crippen LogP contribution in [0.25, 0.3) is 0 Å². The summed E-state index contributed by atoms with van der Waals surface area (Å²) in [5, 5.41) is 3.41. The van der Waals surface area contributed by atoms with E-state index in [1.807, 2.05) is 14.2 Å². The van der Waals surface area contributed by atoms with Crippen LogP contribution < -0.4 is 5.32 Å². The second-order valence-electron chi connectivity index (χ2n) is 6.40. The molecule has 1 unspecified atom stereocenters. The Balaban J connectivity index is 2.15. The number of nitrogens with one attached hydrogen (secondary N) is 1. The molecule has 0 saturated heterocycles. The molecular weight excluding hydrogens is 226 g/mol. The molecule has 1 atom stereocenters. The van der Waals surface area contributed by atoms with Gasteiger partial charge in [-0.3, -0.25) is 0 Å². The van der Waals surface area contributed by atoms with Gasteiger partial charge in [-0.25, -0.2) is 0 Å². The molecule has 2 aliphatic rings. The van der Waals surface area contributed by atoms with E-state index in [-0.39, 0.29) is 11.6 Å². The molecule has 1 heterocycles. The minimum atomic E-state index is -0.0968. The molecule has 1 saturated carbocycles. The fourth-order valence-electron chi connectivity index (χ4n) is 3.26. The zero-order chi connectivity index (χ0) is 13.2. The van der Waals surface area contributed by atoms with Crippen molar-refractivity contribution >= 4 is 0 Å². The summed E-state index contributed by atoms with van der Waals surface area (Å²) in [6.45, 7) is 5.53. The van der Waals surface area contributed by atoms with Crippen molar-refractivity contribution in [2.24, 2.45) is 5.41 Å². The number of methoxy groups -OCH3 is 1. The van der Waals surface area contributed by atoms with E-state index in [0.717, 1.165) is 31.6 Å². The SMILES string of the molecule is CNC(C1=CCCO1)C1(OC)CCC(C)(C)CC1. The van der Waals surface area contributed by atoms with E-state index in [2.05, 4.69) is 25.2 Å². The topological polar surface area (TPSA) is 30.5 Å². The Morgan fingerprint density at radius 1 is 1.28 bits per heavy atom. The number of ether oxygens (including phenoxy) is 2. The summed E-state index contributed by atoms with van der Waals surface area (Å²) in [5.74, 6) is 1.08.